The van der Waals surface area contributed by atoms with Crippen molar-refractivity contribution >= 4 is 23.0 Å². The number of hydrogen-bond acceptors (Lipinski definition) is 4. The third-order valence-electron chi connectivity index (χ3n) is 3.28. The summed E-state index contributed by atoms with van der Waals surface area (Å²) in [6.45, 7) is 6.37. The van der Waals surface area contributed by atoms with Crippen molar-refractivity contribution in [3.8, 4) is 0 Å². The van der Waals surface area contributed by atoms with Crippen LogP contribution < -0.4 is 11.1 Å². The summed E-state index contributed by atoms with van der Waals surface area (Å²) < 4.78 is 18.9. The van der Waals surface area contributed by atoms with Crippen LogP contribution in [0.4, 0.5) is 15.8 Å². The summed E-state index contributed by atoms with van der Waals surface area (Å²) in [6, 6.07) is 2.73. The van der Waals surface area contributed by atoms with Crippen LogP contribution in [0.1, 0.15) is 6.92 Å². The van der Waals surface area contributed by atoms with Gasteiger partial charge in [0.15, 0.2) is 0 Å². The lowest BCUT2D eigenvalue weighted by Crippen LogP contribution is -2.45. The van der Waals surface area contributed by atoms with Gasteiger partial charge in [0, 0.05) is 25.7 Å². The molecule has 1 aromatic carbocycles. The van der Waals surface area contributed by atoms with Gasteiger partial charge in [-0.05, 0) is 12.6 Å². The molecule has 1 unspecified atom stereocenters. The van der Waals surface area contributed by atoms with Crippen LogP contribution in [0, 0.1) is 5.82 Å². The molecular formula is C13H19ClFN3O. The van der Waals surface area contributed by atoms with Crippen molar-refractivity contribution in [3.63, 3.8) is 0 Å². The monoisotopic (exact) mass is 287 g/mol. The number of anilines is 2. The Labute approximate surface area is 117 Å². The Morgan fingerprint density at radius 3 is 3.11 bits per heavy atom. The maximum atomic E-state index is 13.2. The highest BCUT2D eigenvalue weighted by atomic mass is 35.5. The number of likely N-dealkylation sites (N-methyl/N-ethyl adjacent to an activating group) is 1. The molecule has 1 fully saturated rings. The smallest absolute Gasteiger partial charge is 0.143 e. The van der Waals surface area contributed by atoms with Crippen LogP contribution in [0.15, 0.2) is 12.1 Å². The van der Waals surface area contributed by atoms with E-state index >= 15 is 0 Å². The van der Waals surface area contributed by atoms with Crippen LogP contribution in [0.2, 0.25) is 5.02 Å². The van der Waals surface area contributed by atoms with Gasteiger partial charge in [0.25, 0.3) is 0 Å². The molecular weight excluding hydrogens is 269 g/mol. The van der Waals surface area contributed by atoms with Gasteiger partial charge in [0.05, 0.1) is 29.1 Å². The first-order chi connectivity index (χ1) is 9.10. The lowest BCUT2D eigenvalue weighted by atomic mass is 10.2. The summed E-state index contributed by atoms with van der Waals surface area (Å²) >= 11 is 5.74. The van der Waals surface area contributed by atoms with Gasteiger partial charge >= 0.3 is 0 Å². The zero-order valence-corrected chi connectivity index (χ0v) is 11.7. The highest BCUT2D eigenvalue weighted by molar-refractivity contribution is 6.31. The fourth-order valence-electron chi connectivity index (χ4n) is 2.13. The summed E-state index contributed by atoms with van der Waals surface area (Å²) in [5.74, 6) is -0.504. The van der Waals surface area contributed by atoms with Gasteiger partial charge in [-0.3, -0.25) is 4.90 Å². The Hall–Kier alpha value is -1.04. The third kappa shape index (κ3) is 3.72. The van der Waals surface area contributed by atoms with Crippen LogP contribution in [0.5, 0.6) is 0 Å². The van der Waals surface area contributed by atoms with Gasteiger partial charge in [0.1, 0.15) is 5.82 Å². The first kappa shape index (κ1) is 14.4. The van der Waals surface area contributed by atoms with E-state index in [1.54, 1.807) is 0 Å². The summed E-state index contributed by atoms with van der Waals surface area (Å²) in [5, 5.41) is 3.23. The summed E-state index contributed by atoms with van der Waals surface area (Å²) in [7, 11) is 0. The number of hydrogen-bond donors (Lipinski definition) is 2. The van der Waals surface area contributed by atoms with Crippen LogP contribution in [0.25, 0.3) is 0 Å². The molecule has 1 aliphatic rings. The molecule has 0 bridgehead atoms. The minimum atomic E-state index is -0.504. The number of nitrogens with two attached hydrogens (primary N) is 1. The lowest BCUT2D eigenvalue weighted by molar-refractivity contribution is -0.0191. The summed E-state index contributed by atoms with van der Waals surface area (Å²) in [5.41, 5.74) is 6.74. The van der Waals surface area contributed by atoms with E-state index in [1.807, 2.05) is 0 Å². The van der Waals surface area contributed by atoms with E-state index in [9.17, 15) is 4.39 Å². The predicted octanol–water partition coefficient (Wildman–Crippen LogP) is 2.19. The van der Waals surface area contributed by atoms with E-state index < -0.39 is 5.82 Å². The average Bonchev–Trinajstić information content (AvgIpc) is 2.41. The third-order valence-corrected chi connectivity index (χ3v) is 3.57. The van der Waals surface area contributed by atoms with Crippen molar-refractivity contribution in [1.29, 1.82) is 0 Å². The second kappa shape index (κ2) is 6.41. The zero-order valence-electron chi connectivity index (χ0n) is 11.0. The van der Waals surface area contributed by atoms with E-state index in [1.165, 1.54) is 12.1 Å². The normalized spacial score (nSPS) is 20.5. The Kier molecular flexibility index (Phi) is 4.85. The zero-order chi connectivity index (χ0) is 13.8. The molecule has 0 amide bonds. The highest BCUT2D eigenvalue weighted by Gasteiger charge is 2.19. The molecule has 19 heavy (non-hydrogen) atoms. The molecule has 1 heterocycles. The molecule has 106 valence electrons. The van der Waals surface area contributed by atoms with Crippen LogP contribution >= 0.6 is 11.6 Å². The summed E-state index contributed by atoms with van der Waals surface area (Å²) in [6.07, 6.45) is 0.108. The molecule has 2 rings (SSSR count). The van der Waals surface area contributed by atoms with E-state index in [0.717, 1.165) is 26.2 Å². The molecule has 0 saturated carbocycles. The van der Waals surface area contributed by atoms with Crippen molar-refractivity contribution < 1.29 is 9.13 Å². The minimum Gasteiger partial charge on any atom is -0.397 e. The largest absolute Gasteiger partial charge is 0.397 e. The molecule has 6 heteroatoms. The fourth-order valence-corrected chi connectivity index (χ4v) is 2.29. The predicted molar refractivity (Wildman–Crippen MR) is 76.2 cm³/mol. The van der Waals surface area contributed by atoms with E-state index in [0.29, 0.717) is 17.9 Å². The van der Waals surface area contributed by atoms with E-state index in [2.05, 4.69) is 17.1 Å². The van der Waals surface area contributed by atoms with Crippen molar-refractivity contribution in [2.24, 2.45) is 0 Å². The molecule has 1 aromatic rings. The molecule has 1 saturated heterocycles. The maximum absolute atomic E-state index is 13.2. The second-order valence-electron chi connectivity index (χ2n) is 4.62. The molecule has 0 aromatic heterocycles. The first-order valence-corrected chi connectivity index (χ1v) is 6.80. The van der Waals surface area contributed by atoms with Gasteiger partial charge in [-0.2, -0.15) is 0 Å². The van der Waals surface area contributed by atoms with Crippen molar-refractivity contribution in [3.05, 3.63) is 23.0 Å². The van der Waals surface area contributed by atoms with Crippen molar-refractivity contribution in [1.82, 2.24) is 4.90 Å². The van der Waals surface area contributed by atoms with Gasteiger partial charge in [-0.25, -0.2) is 4.39 Å². The quantitative estimate of drug-likeness (QED) is 0.834. The Bertz CT molecular complexity index is 444. The number of nitrogens with one attached hydrogen (secondary N) is 1. The number of halogens is 2. The second-order valence-corrected chi connectivity index (χ2v) is 5.03. The van der Waals surface area contributed by atoms with E-state index in [4.69, 9.17) is 22.1 Å². The highest BCUT2D eigenvalue weighted by Crippen LogP contribution is 2.26. The molecule has 0 spiro atoms. The Morgan fingerprint density at radius 2 is 2.37 bits per heavy atom. The van der Waals surface area contributed by atoms with Gasteiger partial charge in [-0.1, -0.05) is 18.5 Å². The van der Waals surface area contributed by atoms with Crippen molar-refractivity contribution in [2.75, 3.05) is 43.8 Å². The SMILES string of the molecule is CCN1CCOC(CNc2cc(Cl)c(F)cc2N)C1. The van der Waals surface area contributed by atoms with Gasteiger partial charge in [-0.15, -0.1) is 0 Å². The number of nitrogens with zero attached hydrogens (tertiary/aromatic N) is 1. The molecule has 3 N–H and O–H groups in total. The number of morpholine rings is 1. The Morgan fingerprint density at radius 1 is 1.58 bits per heavy atom. The van der Waals surface area contributed by atoms with Crippen LogP contribution in [0.3, 0.4) is 0 Å². The average molecular weight is 288 g/mol. The Balaban J connectivity index is 1.93. The standard InChI is InChI=1S/C13H19ClFN3O/c1-2-18-3-4-19-9(8-18)7-17-13-5-10(14)11(15)6-12(13)16/h5-6,9,17H,2-4,7-8,16H2,1H3. The van der Waals surface area contributed by atoms with Crippen LogP contribution in [-0.2, 0) is 4.74 Å². The number of ether oxygens (including phenoxy) is 1. The van der Waals surface area contributed by atoms with Crippen molar-refractivity contribution in [2.45, 2.75) is 13.0 Å². The maximum Gasteiger partial charge on any atom is 0.143 e. The molecule has 1 aliphatic heterocycles. The number of nitrogen functional groups attached to an aromatic ring is 1. The van der Waals surface area contributed by atoms with Gasteiger partial charge in [0.2, 0.25) is 0 Å². The van der Waals surface area contributed by atoms with E-state index in [-0.39, 0.29) is 11.1 Å². The lowest BCUT2D eigenvalue weighted by Gasteiger charge is -2.32. The number of rotatable bonds is 4. The molecule has 1 atom stereocenters. The summed E-state index contributed by atoms with van der Waals surface area (Å²) in [4.78, 5) is 2.33. The first-order valence-electron chi connectivity index (χ1n) is 6.42. The van der Waals surface area contributed by atoms with Crippen LogP contribution in [-0.4, -0.2) is 43.8 Å². The van der Waals surface area contributed by atoms with Gasteiger partial charge < -0.3 is 15.8 Å². The number of benzene rings is 1. The molecule has 4 nitrogen and oxygen atoms in total. The molecule has 0 aliphatic carbocycles. The molecule has 0 radical (unpaired) electrons. The topological polar surface area (TPSA) is 50.5 Å². The minimum absolute atomic E-state index is 0.0662. The fraction of sp³-hybridized carbons (Fsp3) is 0.538.